The zero-order valence-corrected chi connectivity index (χ0v) is 12.6. The first-order chi connectivity index (χ1) is 9.77. The van der Waals surface area contributed by atoms with E-state index in [0.717, 1.165) is 25.9 Å². The lowest BCUT2D eigenvalue weighted by Gasteiger charge is -2.24. The van der Waals surface area contributed by atoms with Gasteiger partial charge in [-0.2, -0.15) is 0 Å². The Labute approximate surface area is 122 Å². The number of carbonyl (C=O) groups excluding carboxylic acids is 1. The molecule has 1 aliphatic rings. The first kappa shape index (κ1) is 16.7. The predicted octanol–water partition coefficient (Wildman–Crippen LogP) is 4.22. The fourth-order valence-corrected chi connectivity index (χ4v) is 1.78. The SMILES string of the molecule is CCC1CCO1.CCCCCOC(=O)c1ccccc1. The van der Waals surface area contributed by atoms with Crippen molar-refractivity contribution in [2.24, 2.45) is 0 Å². The Bertz CT molecular complexity index is 355. The Balaban J connectivity index is 0.000000276. The molecule has 0 radical (unpaired) electrons. The molecule has 0 N–H and O–H groups in total. The molecule has 0 bridgehead atoms. The van der Waals surface area contributed by atoms with Crippen LogP contribution in [0.5, 0.6) is 0 Å². The Morgan fingerprint density at radius 1 is 1.25 bits per heavy atom. The molecule has 3 nitrogen and oxygen atoms in total. The van der Waals surface area contributed by atoms with Crippen molar-refractivity contribution >= 4 is 5.97 Å². The summed E-state index contributed by atoms with van der Waals surface area (Å²) in [5.41, 5.74) is 0.629. The molecular weight excluding hydrogens is 252 g/mol. The third-order valence-electron chi connectivity index (χ3n) is 3.24. The molecule has 0 aromatic heterocycles. The summed E-state index contributed by atoms with van der Waals surface area (Å²) >= 11 is 0. The summed E-state index contributed by atoms with van der Waals surface area (Å²) in [6.07, 6.45) is 6.31. The van der Waals surface area contributed by atoms with Gasteiger partial charge < -0.3 is 9.47 Å². The molecule has 1 aromatic carbocycles. The van der Waals surface area contributed by atoms with Crippen LogP contribution in [0.15, 0.2) is 30.3 Å². The van der Waals surface area contributed by atoms with Crippen molar-refractivity contribution in [3.8, 4) is 0 Å². The van der Waals surface area contributed by atoms with E-state index in [2.05, 4.69) is 13.8 Å². The molecule has 1 fully saturated rings. The van der Waals surface area contributed by atoms with Crippen molar-refractivity contribution in [1.82, 2.24) is 0 Å². The minimum absolute atomic E-state index is 0.221. The van der Waals surface area contributed by atoms with Gasteiger partial charge in [-0.1, -0.05) is 44.9 Å². The van der Waals surface area contributed by atoms with Crippen molar-refractivity contribution in [2.45, 2.75) is 52.1 Å². The molecule has 20 heavy (non-hydrogen) atoms. The zero-order chi connectivity index (χ0) is 14.6. The van der Waals surface area contributed by atoms with E-state index in [4.69, 9.17) is 9.47 Å². The highest BCUT2D eigenvalue weighted by molar-refractivity contribution is 5.89. The molecule has 0 amide bonds. The van der Waals surface area contributed by atoms with Crippen molar-refractivity contribution in [3.05, 3.63) is 35.9 Å². The van der Waals surface area contributed by atoms with E-state index in [1.807, 2.05) is 18.2 Å². The first-order valence-corrected chi connectivity index (χ1v) is 7.61. The number of hydrogen-bond donors (Lipinski definition) is 0. The van der Waals surface area contributed by atoms with Crippen molar-refractivity contribution in [2.75, 3.05) is 13.2 Å². The van der Waals surface area contributed by atoms with Crippen LogP contribution in [0.2, 0.25) is 0 Å². The van der Waals surface area contributed by atoms with Gasteiger partial charge in [0.25, 0.3) is 0 Å². The van der Waals surface area contributed by atoms with Crippen LogP contribution < -0.4 is 0 Å². The second-order valence-electron chi connectivity index (χ2n) is 4.90. The Morgan fingerprint density at radius 3 is 2.40 bits per heavy atom. The van der Waals surface area contributed by atoms with Crippen molar-refractivity contribution < 1.29 is 14.3 Å². The van der Waals surface area contributed by atoms with E-state index < -0.39 is 0 Å². The van der Waals surface area contributed by atoms with E-state index in [1.165, 1.54) is 12.8 Å². The molecule has 1 aliphatic heterocycles. The molecule has 0 aliphatic carbocycles. The maximum absolute atomic E-state index is 11.4. The molecule has 112 valence electrons. The molecule has 3 heteroatoms. The van der Waals surface area contributed by atoms with Gasteiger partial charge >= 0.3 is 5.97 Å². The van der Waals surface area contributed by atoms with Gasteiger partial charge in [0.05, 0.1) is 18.3 Å². The minimum atomic E-state index is -0.221. The number of ether oxygens (including phenoxy) is 2. The highest BCUT2D eigenvalue weighted by Crippen LogP contribution is 2.12. The quantitative estimate of drug-likeness (QED) is 0.577. The number of benzene rings is 1. The summed E-state index contributed by atoms with van der Waals surface area (Å²) in [5, 5.41) is 0. The van der Waals surface area contributed by atoms with Crippen LogP contribution in [0.4, 0.5) is 0 Å². The number of rotatable bonds is 6. The Kier molecular flexibility index (Phi) is 8.72. The lowest BCUT2D eigenvalue weighted by Crippen LogP contribution is -2.25. The Hall–Kier alpha value is -1.35. The van der Waals surface area contributed by atoms with Gasteiger partial charge in [0.15, 0.2) is 0 Å². The van der Waals surface area contributed by atoms with Crippen LogP contribution in [-0.2, 0) is 9.47 Å². The topological polar surface area (TPSA) is 35.5 Å². The van der Waals surface area contributed by atoms with Crippen molar-refractivity contribution in [3.63, 3.8) is 0 Å². The van der Waals surface area contributed by atoms with Gasteiger partial charge in [-0.3, -0.25) is 0 Å². The predicted molar refractivity (Wildman–Crippen MR) is 80.9 cm³/mol. The summed E-state index contributed by atoms with van der Waals surface area (Å²) < 4.78 is 10.2. The number of unbranched alkanes of at least 4 members (excludes halogenated alkanes) is 2. The monoisotopic (exact) mass is 278 g/mol. The van der Waals surface area contributed by atoms with Crippen molar-refractivity contribution in [1.29, 1.82) is 0 Å². The van der Waals surface area contributed by atoms with Crippen LogP contribution in [-0.4, -0.2) is 25.3 Å². The number of esters is 1. The maximum atomic E-state index is 11.4. The Morgan fingerprint density at radius 2 is 1.95 bits per heavy atom. The summed E-state index contributed by atoms with van der Waals surface area (Å²) in [6.45, 7) is 5.81. The van der Waals surface area contributed by atoms with Crippen LogP contribution in [0, 0.1) is 0 Å². The average molecular weight is 278 g/mol. The maximum Gasteiger partial charge on any atom is 0.338 e. The second-order valence-corrected chi connectivity index (χ2v) is 4.90. The molecule has 1 heterocycles. The van der Waals surface area contributed by atoms with Gasteiger partial charge in [0.1, 0.15) is 0 Å². The molecule has 1 aromatic rings. The van der Waals surface area contributed by atoms with E-state index in [9.17, 15) is 4.79 Å². The van der Waals surface area contributed by atoms with Gasteiger partial charge in [-0.15, -0.1) is 0 Å². The second kappa shape index (κ2) is 10.4. The molecule has 1 atom stereocenters. The number of carbonyl (C=O) groups is 1. The smallest absolute Gasteiger partial charge is 0.338 e. The summed E-state index contributed by atoms with van der Waals surface area (Å²) in [6, 6.07) is 9.09. The fourth-order valence-electron chi connectivity index (χ4n) is 1.78. The molecule has 0 saturated carbocycles. The minimum Gasteiger partial charge on any atom is -0.462 e. The van der Waals surface area contributed by atoms with Gasteiger partial charge in [0, 0.05) is 6.61 Å². The average Bonchev–Trinajstić information content (AvgIpc) is 2.44. The van der Waals surface area contributed by atoms with E-state index in [1.54, 1.807) is 12.1 Å². The van der Waals surface area contributed by atoms with Crippen LogP contribution in [0.25, 0.3) is 0 Å². The molecule has 1 saturated heterocycles. The van der Waals surface area contributed by atoms with E-state index in [-0.39, 0.29) is 5.97 Å². The normalized spacial score (nSPS) is 16.6. The number of hydrogen-bond acceptors (Lipinski definition) is 3. The van der Waals surface area contributed by atoms with E-state index >= 15 is 0 Å². The third kappa shape index (κ3) is 6.71. The summed E-state index contributed by atoms with van der Waals surface area (Å²) in [7, 11) is 0. The van der Waals surface area contributed by atoms with Gasteiger partial charge in [0.2, 0.25) is 0 Å². The van der Waals surface area contributed by atoms with E-state index in [0.29, 0.717) is 18.3 Å². The summed E-state index contributed by atoms with van der Waals surface area (Å²) in [4.78, 5) is 11.4. The molecule has 1 unspecified atom stereocenters. The standard InChI is InChI=1S/C12H16O2.C5H10O/c1-2-3-7-10-14-12(13)11-8-5-4-6-9-11;1-2-5-3-4-6-5/h4-6,8-9H,2-3,7,10H2,1H3;5H,2-4H2,1H3. The van der Waals surface area contributed by atoms with Crippen LogP contribution >= 0.6 is 0 Å². The largest absolute Gasteiger partial charge is 0.462 e. The third-order valence-corrected chi connectivity index (χ3v) is 3.24. The lowest BCUT2D eigenvalue weighted by molar-refractivity contribution is -0.0516. The van der Waals surface area contributed by atoms with Gasteiger partial charge in [-0.05, 0) is 31.4 Å². The molecule has 0 spiro atoms. The lowest BCUT2D eigenvalue weighted by atomic mass is 10.1. The summed E-state index contributed by atoms with van der Waals surface area (Å²) in [5.74, 6) is -0.221. The molecule has 2 rings (SSSR count). The highest BCUT2D eigenvalue weighted by Gasteiger charge is 2.13. The first-order valence-electron chi connectivity index (χ1n) is 7.61. The van der Waals surface area contributed by atoms with Gasteiger partial charge in [-0.25, -0.2) is 4.79 Å². The fraction of sp³-hybridized carbons (Fsp3) is 0.588. The highest BCUT2D eigenvalue weighted by atomic mass is 16.5. The zero-order valence-electron chi connectivity index (χ0n) is 12.6. The molecular formula is C17H26O3. The van der Waals surface area contributed by atoms with Crippen LogP contribution in [0.1, 0.15) is 56.3 Å². The van der Waals surface area contributed by atoms with Crippen LogP contribution in [0.3, 0.4) is 0 Å².